The van der Waals surface area contributed by atoms with E-state index in [0.717, 1.165) is 24.3 Å². The average Bonchev–Trinajstić information content (AvgIpc) is 2.76. The molecule has 3 rings (SSSR count). The molecular formula is C13H13NO4. The molecule has 1 aromatic carbocycles. The minimum atomic E-state index is -0.947. The van der Waals surface area contributed by atoms with Crippen molar-refractivity contribution in [2.45, 2.75) is 13.0 Å². The van der Waals surface area contributed by atoms with Gasteiger partial charge in [0.2, 0.25) is 0 Å². The molecule has 0 saturated carbocycles. The number of furan rings is 1. The standard InChI is InChI=1S/C13H13NO4/c1-17-10-3-2-7(13(15)16)11-8-6-14-5-4-9(8)18-12(10)11/h2-3,14H,4-6H2,1H3,(H,15,16). The van der Waals surface area contributed by atoms with Crippen molar-refractivity contribution >= 4 is 16.9 Å². The first-order chi connectivity index (χ1) is 8.72. The number of fused-ring (bicyclic) bond motifs is 3. The van der Waals surface area contributed by atoms with E-state index in [1.165, 1.54) is 0 Å². The van der Waals surface area contributed by atoms with Gasteiger partial charge in [-0.3, -0.25) is 0 Å². The van der Waals surface area contributed by atoms with Gasteiger partial charge in [0.25, 0.3) is 0 Å². The Balaban J connectivity index is 2.38. The third-order valence-electron chi connectivity index (χ3n) is 3.27. The maximum atomic E-state index is 11.3. The Morgan fingerprint density at radius 3 is 3.06 bits per heavy atom. The van der Waals surface area contributed by atoms with Gasteiger partial charge in [0.1, 0.15) is 5.76 Å². The van der Waals surface area contributed by atoms with Crippen LogP contribution in [0, 0.1) is 0 Å². The van der Waals surface area contributed by atoms with Crippen LogP contribution in [0.1, 0.15) is 21.7 Å². The van der Waals surface area contributed by atoms with Crippen LogP contribution in [0.25, 0.3) is 11.0 Å². The molecule has 0 aliphatic carbocycles. The minimum absolute atomic E-state index is 0.263. The topological polar surface area (TPSA) is 71.7 Å². The summed E-state index contributed by atoms with van der Waals surface area (Å²) in [5.74, 6) is 0.483. The molecule has 1 aliphatic rings. The normalized spacial score (nSPS) is 14.5. The van der Waals surface area contributed by atoms with Crippen LogP contribution in [0.5, 0.6) is 5.75 Å². The molecule has 0 spiro atoms. The van der Waals surface area contributed by atoms with Gasteiger partial charge >= 0.3 is 5.97 Å². The zero-order chi connectivity index (χ0) is 12.7. The molecule has 5 heteroatoms. The van der Waals surface area contributed by atoms with E-state index in [1.54, 1.807) is 19.2 Å². The van der Waals surface area contributed by atoms with Crippen molar-refractivity contribution in [1.29, 1.82) is 0 Å². The monoisotopic (exact) mass is 247 g/mol. The number of methoxy groups -OCH3 is 1. The number of carboxylic acids is 1. The highest BCUT2D eigenvalue weighted by molar-refractivity contribution is 6.05. The molecule has 0 unspecified atom stereocenters. The van der Waals surface area contributed by atoms with Gasteiger partial charge in [-0.25, -0.2) is 4.79 Å². The molecular weight excluding hydrogens is 234 g/mol. The molecule has 94 valence electrons. The zero-order valence-corrected chi connectivity index (χ0v) is 9.95. The smallest absolute Gasteiger partial charge is 0.336 e. The fraction of sp³-hybridized carbons (Fsp3) is 0.308. The number of carboxylic acid groups (broad SMARTS) is 1. The van der Waals surface area contributed by atoms with Crippen molar-refractivity contribution < 1.29 is 19.1 Å². The SMILES string of the molecule is COc1ccc(C(=O)O)c2c3c(oc12)CCNC3. The summed E-state index contributed by atoms with van der Waals surface area (Å²) in [6.45, 7) is 1.48. The van der Waals surface area contributed by atoms with Crippen LogP contribution in [0.2, 0.25) is 0 Å². The van der Waals surface area contributed by atoms with Crippen molar-refractivity contribution in [3.63, 3.8) is 0 Å². The maximum absolute atomic E-state index is 11.3. The lowest BCUT2D eigenvalue weighted by Gasteiger charge is -2.11. The van der Waals surface area contributed by atoms with E-state index in [1.807, 2.05) is 0 Å². The van der Waals surface area contributed by atoms with Crippen LogP contribution < -0.4 is 10.1 Å². The van der Waals surface area contributed by atoms with Gasteiger partial charge in [-0.15, -0.1) is 0 Å². The number of carbonyl (C=O) groups is 1. The highest BCUT2D eigenvalue weighted by Gasteiger charge is 2.24. The van der Waals surface area contributed by atoms with Crippen molar-refractivity contribution in [2.24, 2.45) is 0 Å². The van der Waals surface area contributed by atoms with Gasteiger partial charge in [0.15, 0.2) is 11.3 Å². The molecule has 5 nitrogen and oxygen atoms in total. The predicted molar refractivity (Wildman–Crippen MR) is 65.1 cm³/mol. The largest absolute Gasteiger partial charge is 0.493 e. The van der Waals surface area contributed by atoms with Crippen molar-refractivity contribution in [1.82, 2.24) is 5.32 Å². The molecule has 2 N–H and O–H groups in total. The highest BCUT2D eigenvalue weighted by Crippen LogP contribution is 2.36. The molecule has 0 fully saturated rings. The summed E-state index contributed by atoms with van der Waals surface area (Å²) >= 11 is 0. The van der Waals surface area contributed by atoms with Gasteiger partial charge in [-0.2, -0.15) is 0 Å². The molecule has 2 aromatic rings. The van der Waals surface area contributed by atoms with E-state index in [9.17, 15) is 9.90 Å². The van der Waals surface area contributed by atoms with Gasteiger partial charge in [-0.05, 0) is 12.1 Å². The quantitative estimate of drug-likeness (QED) is 0.846. The van der Waals surface area contributed by atoms with Gasteiger partial charge in [0.05, 0.1) is 12.7 Å². The van der Waals surface area contributed by atoms with Crippen LogP contribution in [0.15, 0.2) is 16.5 Å². The summed E-state index contributed by atoms with van der Waals surface area (Å²) in [4.78, 5) is 11.3. The summed E-state index contributed by atoms with van der Waals surface area (Å²) in [5.41, 5.74) is 1.73. The summed E-state index contributed by atoms with van der Waals surface area (Å²) in [6.07, 6.45) is 0.770. The maximum Gasteiger partial charge on any atom is 0.336 e. The lowest BCUT2D eigenvalue weighted by molar-refractivity contribution is 0.0699. The predicted octanol–water partition coefficient (Wildman–Crippen LogP) is 1.79. The molecule has 2 heterocycles. The Morgan fingerprint density at radius 1 is 1.50 bits per heavy atom. The third kappa shape index (κ3) is 1.48. The number of hydrogen-bond acceptors (Lipinski definition) is 4. The number of hydrogen-bond donors (Lipinski definition) is 2. The number of rotatable bonds is 2. The molecule has 18 heavy (non-hydrogen) atoms. The second-order valence-electron chi connectivity index (χ2n) is 4.26. The van der Waals surface area contributed by atoms with Crippen LogP contribution in [-0.4, -0.2) is 24.7 Å². The average molecular weight is 247 g/mol. The molecule has 0 saturated heterocycles. The lowest BCUT2D eigenvalue weighted by atomic mass is 10.0. The van der Waals surface area contributed by atoms with E-state index < -0.39 is 5.97 Å². The van der Waals surface area contributed by atoms with E-state index in [4.69, 9.17) is 9.15 Å². The van der Waals surface area contributed by atoms with E-state index in [0.29, 0.717) is 23.3 Å². The van der Waals surface area contributed by atoms with Crippen LogP contribution in [-0.2, 0) is 13.0 Å². The van der Waals surface area contributed by atoms with Crippen molar-refractivity contribution in [3.05, 3.63) is 29.0 Å². The number of benzene rings is 1. The first kappa shape index (κ1) is 11.1. The Labute approximate surface area is 103 Å². The van der Waals surface area contributed by atoms with Crippen molar-refractivity contribution in [3.8, 4) is 5.75 Å². The second kappa shape index (κ2) is 4.03. The van der Waals surface area contributed by atoms with Gasteiger partial charge in [-0.1, -0.05) is 0 Å². The van der Waals surface area contributed by atoms with E-state index in [2.05, 4.69) is 5.32 Å². The summed E-state index contributed by atoms with van der Waals surface area (Å²) in [5, 5.41) is 13.1. The Hall–Kier alpha value is -2.01. The summed E-state index contributed by atoms with van der Waals surface area (Å²) in [6, 6.07) is 3.20. The third-order valence-corrected chi connectivity index (χ3v) is 3.27. The Morgan fingerprint density at radius 2 is 2.33 bits per heavy atom. The Bertz CT molecular complexity index is 629. The molecule has 0 amide bonds. The Kier molecular flexibility index (Phi) is 2.48. The molecule has 1 aromatic heterocycles. The lowest BCUT2D eigenvalue weighted by Crippen LogP contribution is -2.22. The molecule has 0 radical (unpaired) electrons. The van der Waals surface area contributed by atoms with Crippen LogP contribution >= 0.6 is 0 Å². The first-order valence-electron chi connectivity index (χ1n) is 5.77. The van der Waals surface area contributed by atoms with Crippen LogP contribution in [0.3, 0.4) is 0 Å². The van der Waals surface area contributed by atoms with E-state index >= 15 is 0 Å². The molecule has 0 atom stereocenters. The summed E-state index contributed by atoms with van der Waals surface area (Å²) in [7, 11) is 1.55. The molecule has 1 aliphatic heterocycles. The summed E-state index contributed by atoms with van der Waals surface area (Å²) < 4.78 is 11.0. The number of aromatic carboxylic acids is 1. The minimum Gasteiger partial charge on any atom is -0.493 e. The fourth-order valence-corrected chi connectivity index (χ4v) is 2.43. The number of ether oxygens (including phenoxy) is 1. The molecule has 0 bridgehead atoms. The van der Waals surface area contributed by atoms with Crippen molar-refractivity contribution in [2.75, 3.05) is 13.7 Å². The fourth-order valence-electron chi connectivity index (χ4n) is 2.43. The van der Waals surface area contributed by atoms with Gasteiger partial charge in [0, 0.05) is 30.5 Å². The first-order valence-corrected chi connectivity index (χ1v) is 5.77. The highest BCUT2D eigenvalue weighted by atomic mass is 16.5. The van der Waals surface area contributed by atoms with Gasteiger partial charge < -0.3 is 19.6 Å². The zero-order valence-electron chi connectivity index (χ0n) is 9.95. The van der Waals surface area contributed by atoms with E-state index in [-0.39, 0.29) is 5.56 Å². The number of nitrogens with one attached hydrogen (secondary N) is 1. The van der Waals surface area contributed by atoms with Crippen LogP contribution in [0.4, 0.5) is 0 Å². The second-order valence-corrected chi connectivity index (χ2v) is 4.26.